The van der Waals surface area contributed by atoms with Crippen molar-refractivity contribution in [3.8, 4) is 22.9 Å². The topological polar surface area (TPSA) is 102 Å². The minimum absolute atomic E-state index is 0.0968. The van der Waals surface area contributed by atoms with Gasteiger partial charge in [-0.05, 0) is 36.8 Å². The van der Waals surface area contributed by atoms with Crippen molar-refractivity contribution in [1.29, 1.82) is 0 Å². The maximum absolute atomic E-state index is 12.2. The van der Waals surface area contributed by atoms with Crippen LogP contribution in [0.4, 0.5) is 0 Å². The molecular weight excluding hydrogens is 366 g/mol. The van der Waals surface area contributed by atoms with Crippen LogP contribution in [0.15, 0.2) is 47.9 Å². The highest BCUT2D eigenvalue weighted by atomic mass is 32.2. The van der Waals surface area contributed by atoms with Gasteiger partial charge in [-0.3, -0.25) is 14.9 Å². The standard InChI is InChI=1S/C18H17N5O3S/c1-11(13-2-3-14-15(8-13)26-10-25-14)20-16(24)9-27-18-21-17(22-23-18)12-4-6-19-7-5-12/h2-8,11H,9-10H2,1H3,(H,20,24)(H,21,22,23)/t11-/m0/s1. The fourth-order valence-electron chi connectivity index (χ4n) is 2.63. The molecule has 0 aliphatic carbocycles. The van der Waals surface area contributed by atoms with Gasteiger partial charge < -0.3 is 14.8 Å². The van der Waals surface area contributed by atoms with Crippen LogP contribution < -0.4 is 14.8 Å². The fraction of sp³-hybridized carbons (Fsp3) is 0.222. The first-order chi connectivity index (χ1) is 13.2. The summed E-state index contributed by atoms with van der Waals surface area (Å²) < 4.78 is 10.7. The molecule has 0 radical (unpaired) electrons. The molecule has 2 N–H and O–H groups in total. The molecule has 0 saturated heterocycles. The quantitative estimate of drug-likeness (QED) is 0.631. The Kier molecular flexibility index (Phi) is 4.93. The Hall–Kier alpha value is -3.07. The molecule has 0 unspecified atom stereocenters. The second kappa shape index (κ2) is 7.67. The zero-order valence-electron chi connectivity index (χ0n) is 14.5. The van der Waals surface area contributed by atoms with Crippen molar-refractivity contribution in [2.45, 2.75) is 18.1 Å². The maximum Gasteiger partial charge on any atom is 0.231 e. The third-order valence-corrected chi connectivity index (χ3v) is 4.87. The van der Waals surface area contributed by atoms with Gasteiger partial charge >= 0.3 is 0 Å². The van der Waals surface area contributed by atoms with Crippen molar-refractivity contribution in [2.75, 3.05) is 12.5 Å². The number of hydrogen-bond acceptors (Lipinski definition) is 7. The number of fused-ring (bicyclic) bond motifs is 1. The molecule has 0 saturated carbocycles. The molecule has 138 valence electrons. The molecule has 8 nitrogen and oxygen atoms in total. The first-order valence-electron chi connectivity index (χ1n) is 8.33. The molecule has 1 amide bonds. The number of pyridine rings is 1. The van der Waals surface area contributed by atoms with Crippen LogP contribution in [-0.4, -0.2) is 38.6 Å². The van der Waals surface area contributed by atoms with Crippen molar-refractivity contribution in [3.05, 3.63) is 48.3 Å². The largest absolute Gasteiger partial charge is 0.454 e. The average Bonchev–Trinajstić information content (AvgIpc) is 3.36. The zero-order valence-corrected chi connectivity index (χ0v) is 15.3. The highest BCUT2D eigenvalue weighted by Crippen LogP contribution is 2.34. The lowest BCUT2D eigenvalue weighted by Crippen LogP contribution is -2.28. The number of carbonyl (C=O) groups is 1. The first-order valence-corrected chi connectivity index (χ1v) is 9.32. The molecule has 1 aliphatic heterocycles. The van der Waals surface area contributed by atoms with Crippen molar-refractivity contribution in [1.82, 2.24) is 25.5 Å². The zero-order chi connectivity index (χ0) is 18.6. The molecule has 3 heterocycles. The third-order valence-electron chi connectivity index (χ3n) is 4.03. The van der Waals surface area contributed by atoms with Gasteiger partial charge in [-0.1, -0.05) is 17.8 Å². The molecule has 9 heteroatoms. The summed E-state index contributed by atoms with van der Waals surface area (Å²) in [6.45, 7) is 2.16. The molecule has 2 aromatic heterocycles. The fourth-order valence-corrected chi connectivity index (χ4v) is 3.24. The number of thioether (sulfide) groups is 1. The molecule has 0 spiro atoms. The van der Waals surface area contributed by atoms with E-state index in [1.807, 2.05) is 37.3 Å². The highest BCUT2D eigenvalue weighted by Gasteiger charge is 2.17. The summed E-state index contributed by atoms with van der Waals surface area (Å²) >= 11 is 1.28. The van der Waals surface area contributed by atoms with Crippen LogP contribution in [0.2, 0.25) is 0 Å². The number of nitrogens with zero attached hydrogens (tertiary/aromatic N) is 3. The van der Waals surface area contributed by atoms with E-state index in [4.69, 9.17) is 9.47 Å². The smallest absolute Gasteiger partial charge is 0.231 e. The van der Waals surface area contributed by atoms with E-state index in [-0.39, 0.29) is 24.5 Å². The highest BCUT2D eigenvalue weighted by molar-refractivity contribution is 7.99. The van der Waals surface area contributed by atoms with Gasteiger partial charge in [-0.25, -0.2) is 4.98 Å². The van der Waals surface area contributed by atoms with Crippen molar-refractivity contribution >= 4 is 17.7 Å². The number of ether oxygens (including phenoxy) is 2. The Balaban J connectivity index is 1.31. The summed E-state index contributed by atoms with van der Waals surface area (Å²) in [4.78, 5) is 20.6. The van der Waals surface area contributed by atoms with Crippen molar-refractivity contribution in [3.63, 3.8) is 0 Å². The lowest BCUT2D eigenvalue weighted by molar-refractivity contribution is -0.119. The lowest BCUT2D eigenvalue weighted by atomic mass is 10.1. The predicted octanol–water partition coefficient (Wildman–Crippen LogP) is 2.56. The Morgan fingerprint density at radius 1 is 1.26 bits per heavy atom. The number of nitrogens with one attached hydrogen (secondary N) is 2. The van der Waals surface area contributed by atoms with Gasteiger partial charge in [-0.15, -0.1) is 5.10 Å². The van der Waals surface area contributed by atoms with E-state index in [9.17, 15) is 4.79 Å². The molecule has 1 aliphatic rings. The van der Waals surface area contributed by atoms with Crippen molar-refractivity contribution < 1.29 is 14.3 Å². The maximum atomic E-state index is 12.2. The lowest BCUT2D eigenvalue weighted by Gasteiger charge is -2.14. The Morgan fingerprint density at radius 2 is 2.07 bits per heavy atom. The number of aromatic amines is 1. The van der Waals surface area contributed by atoms with E-state index in [0.717, 1.165) is 16.9 Å². The van der Waals surface area contributed by atoms with Gasteiger partial charge in [0.25, 0.3) is 0 Å². The summed E-state index contributed by atoms with van der Waals surface area (Å²) in [7, 11) is 0. The number of amides is 1. The number of rotatable bonds is 6. The van der Waals surface area contributed by atoms with Crippen LogP contribution in [0, 0.1) is 0 Å². The van der Waals surface area contributed by atoms with Gasteiger partial charge in [0.05, 0.1) is 11.8 Å². The second-order valence-electron chi connectivity index (χ2n) is 5.89. The normalized spacial score (nSPS) is 13.4. The van der Waals surface area contributed by atoms with Crippen molar-refractivity contribution in [2.24, 2.45) is 0 Å². The molecule has 1 atom stereocenters. The van der Waals surface area contributed by atoms with E-state index in [1.54, 1.807) is 12.4 Å². The van der Waals surface area contributed by atoms with E-state index in [2.05, 4.69) is 25.5 Å². The SMILES string of the molecule is C[C@H](NC(=O)CSc1n[nH]c(-c2ccncc2)n1)c1ccc2c(c1)OCO2. The Bertz CT molecular complexity index is 947. The summed E-state index contributed by atoms with van der Waals surface area (Å²) in [5, 5.41) is 10.5. The number of benzene rings is 1. The summed E-state index contributed by atoms with van der Waals surface area (Å²) in [5.74, 6) is 2.20. The molecule has 1 aromatic carbocycles. The van der Waals surface area contributed by atoms with Gasteiger partial charge in [-0.2, -0.15) is 0 Å². The van der Waals surface area contributed by atoms with E-state index in [0.29, 0.717) is 16.7 Å². The van der Waals surface area contributed by atoms with Crippen LogP contribution in [0.25, 0.3) is 11.4 Å². The van der Waals surface area contributed by atoms with Crippen LogP contribution >= 0.6 is 11.8 Å². The molecular formula is C18H17N5O3S. The first kappa shape index (κ1) is 17.3. The molecule has 27 heavy (non-hydrogen) atoms. The molecule has 3 aromatic rings. The Morgan fingerprint density at radius 3 is 2.93 bits per heavy atom. The number of H-pyrrole nitrogens is 1. The minimum Gasteiger partial charge on any atom is -0.454 e. The van der Waals surface area contributed by atoms with Crippen LogP contribution in [-0.2, 0) is 4.79 Å². The van der Waals surface area contributed by atoms with Crippen LogP contribution in [0.3, 0.4) is 0 Å². The summed E-state index contributed by atoms with van der Waals surface area (Å²) in [6.07, 6.45) is 3.38. The van der Waals surface area contributed by atoms with Crippen LogP contribution in [0.5, 0.6) is 11.5 Å². The van der Waals surface area contributed by atoms with E-state index >= 15 is 0 Å². The number of hydrogen-bond donors (Lipinski definition) is 2. The Labute approximate surface area is 159 Å². The predicted molar refractivity (Wildman–Crippen MR) is 99.5 cm³/mol. The van der Waals surface area contributed by atoms with Gasteiger partial charge in [0, 0.05) is 18.0 Å². The molecule has 4 rings (SSSR count). The monoisotopic (exact) mass is 383 g/mol. The average molecular weight is 383 g/mol. The molecule has 0 bridgehead atoms. The van der Waals surface area contributed by atoms with E-state index < -0.39 is 0 Å². The van der Waals surface area contributed by atoms with E-state index in [1.165, 1.54) is 11.8 Å². The minimum atomic E-state index is -0.146. The number of carbonyl (C=O) groups excluding carboxylic acids is 1. The molecule has 0 fully saturated rings. The van der Waals surface area contributed by atoms with Gasteiger partial charge in [0.1, 0.15) is 0 Å². The van der Waals surface area contributed by atoms with Gasteiger partial charge in [0.2, 0.25) is 17.9 Å². The number of aromatic nitrogens is 4. The second-order valence-corrected chi connectivity index (χ2v) is 6.84. The third kappa shape index (κ3) is 4.03. The summed E-state index contributed by atoms with van der Waals surface area (Å²) in [6, 6.07) is 9.19. The summed E-state index contributed by atoms with van der Waals surface area (Å²) in [5.41, 5.74) is 1.85. The van der Waals surface area contributed by atoms with Gasteiger partial charge in [0.15, 0.2) is 17.3 Å². The van der Waals surface area contributed by atoms with Crippen LogP contribution in [0.1, 0.15) is 18.5 Å².